The molecule has 3 heteroatoms. The monoisotopic (exact) mass is 232 g/mol. The zero-order chi connectivity index (χ0) is 12.4. The van der Waals surface area contributed by atoms with Crippen LogP contribution in [0.2, 0.25) is 0 Å². The van der Waals surface area contributed by atoms with Crippen molar-refractivity contribution in [1.82, 2.24) is 5.32 Å². The second-order valence-electron chi connectivity index (χ2n) is 4.78. The third kappa shape index (κ3) is 2.60. The standard InChI is InChI=1S/C14H20N2O/c1-4-10-8-12(10)16-14(17)11-6-5-9(2)7-13(11)15-3/h5-7,10,12,15H,4,8H2,1-3H3,(H,16,17). The minimum Gasteiger partial charge on any atom is -0.387 e. The highest BCUT2D eigenvalue weighted by atomic mass is 16.1. The van der Waals surface area contributed by atoms with Crippen molar-refractivity contribution < 1.29 is 4.79 Å². The van der Waals surface area contributed by atoms with Crippen LogP contribution in [0, 0.1) is 12.8 Å². The third-order valence-electron chi connectivity index (χ3n) is 3.45. The van der Waals surface area contributed by atoms with E-state index in [4.69, 9.17) is 0 Å². The molecule has 92 valence electrons. The van der Waals surface area contributed by atoms with Gasteiger partial charge in [-0.3, -0.25) is 4.79 Å². The van der Waals surface area contributed by atoms with Gasteiger partial charge in [0.1, 0.15) is 0 Å². The van der Waals surface area contributed by atoms with Crippen LogP contribution in [0.4, 0.5) is 5.69 Å². The van der Waals surface area contributed by atoms with Gasteiger partial charge in [-0.25, -0.2) is 0 Å². The summed E-state index contributed by atoms with van der Waals surface area (Å²) in [6.07, 6.45) is 2.28. The molecule has 1 aliphatic carbocycles. The number of nitrogens with one attached hydrogen (secondary N) is 2. The smallest absolute Gasteiger partial charge is 0.253 e. The Hall–Kier alpha value is -1.51. The van der Waals surface area contributed by atoms with Crippen LogP contribution < -0.4 is 10.6 Å². The fourth-order valence-electron chi connectivity index (χ4n) is 2.18. The molecule has 1 fully saturated rings. The van der Waals surface area contributed by atoms with Gasteiger partial charge in [0, 0.05) is 18.8 Å². The van der Waals surface area contributed by atoms with Crippen molar-refractivity contribution in [3.05, 3.63) is 29.3 Å². The van der Waals surface area contributed by atoms with Gasteiger partial charge in [0.2, 0.25) is 0 Å². The van der Waals surface area contributed by atoms with Gasteiger partial charge in [0.25, 0.3) is 5.91 Å². The highest BCUT2D eigenvalue weighted by Gasteiger charge is 2.36. The van der Waals surface area contributed by atoms with Crippen molar-refractivity contribution in [2.45, 2.75) is 32.7 Å². The molecule has 0 aliphatic heterocycles. The van der Waals surface area contributed by atoms with Gasteiger partial charge >= 0.3 is 0 Å². The Kier molecular flexibility index (Phi) is 3.36. The maximum atomic E-state index is 12.1. The second-order valence-corrected chi connectivity index (χ2v) is 4.78. The molecule has 1 saturated carbocycles. The van der Waals surface area contributed by atoms with Crippen LogP contribution in [0.3, 0.4) is 0 Å². The largest absolute Gasteiger partial charge is 0.387 e. The molecule has 1 amide bonds. The van der Waals surface area contributed by atoms with Crippen LogP contribution in [0.15, 0.2) is 18.2 Å². The number of anilines is 1. The summed E-state index contributed by atoms with van der Waals surface area (Å²) in [6, 6.07) is 6.25. The molecule has 0 radical (unpaired) electrons. The third-order valence-corrected chi connectivity index (χ3v) is 3.45. The van der Waals surface area contributed by atoms with E-state index >= 15 is 0 Å². The number of hydrogen-bond acceptors (Lipinski definition) is 2. The predicted octanol–water partition coefficient (Wildman–Crippen LogP) is 2.57. The van der Waals surface area contributed by atoms with Crippen LogP contribution in [-0.2, 0) is 0 Å². The highest BCUT2D eigenvalue weighted by molar-refractivity contribution is 6.00. The number of rotatable bonds is 4. The summed E-state index contributed by atoms with van der Waals surface area (Å²) in [6.45, 7) is 4.19. The lowest BCUT2D eigenvalue weighted by Crippen LogP contribution is -2.27. The predicted molar refractivity (Wildman–Crippen MR) is 70.4 cm³/mol. The van der Waals surface area contributed by atoms with Crippen molar-refractivity contribution in [2.75, 3.05) is 12.4 Å². The first-order valence-electron chi connectivity index (χ1n) is 6.25. The number of carbonyl (C=O) groups is 1. The maximum Gasteiger partial charge on any atom is 0.253 e. The van der Waals surface area contributed by atoms with Gasteiger partial charge in [0.15, 0.2) is 0 Å². The minimum atomic E-state index is 0.0373. The zero-order valence-electron chi connectivity index (χ0n) is 10.7. The summed E-state index contributed by atoms with van der Waals surface area (Å²) < 4.78 is 0. The Morgan fingerprint density at radius 1 is 1.47 bits per heavy atom. The lowest BCUT2D eigenvalue weighted by molar-refractivity contribution is 0.0950. The second kappa shape index (κ2) is 4.78. The first-order chi connectivity index (χ1) is 8.15. The first-order valence-corrected chi connectivity index (χ1v) is 6.25. The summed E-state index contributed by atoms with van der Waals surface area (Å²) >= 11 is 0. The molecule has 0 spiro atoms. The van der Waals surface area contributed by atoms with E-state index in [9.17, 15) is 4.79 Å². The molecule has 0 saturated heterocycles. The van der Waals surface area contributed by atoms with E-state index in [1.165, 1.54) is 0 Å². The molecule has 2 N–H and O–H groups in total. The normalized spacial score (nSPS) is 22.1. The Bertz CT molecular complexity index is 428. The Morgan fingerprint density at radius 2 is 2.24 bits per heavy atom. The molecule has 17 heavy (non-hydrogen) atoms. The van der Waals surface area contributed by atoms with Gasteiger partial charge in [0.05, 0.1) is 5.56 Å². The van der Waals surface area contributed by atoms with Gasteiger partial charge in [-0.15, -0.1) is 0 Å². The summed E-state index contributed by atoms with van der Waals surface area (Å²) in [5, 5.41) is 6.16. The number of aryl methyl sites for hydroxylation is 1. The molecule has 2 unspecified atom stereocenters. The molecule has 1 aromatic rings. The highest BCUT2D eigenvalue weighted by Crippen LogP contribution is 2.33. The summed E-state index contributed by atoms with van der Waals surface area (Å²) in [5.41, 5.74) is 2.79. The fraction of sp³-hybridized carbons (Fsp3) is 0.500. The van der Waals surface area contributed by atoms with Crippen LogP contribution >= 0.6 is 0 Å². The first kappa shape index (κ1) is 12.0. The average molecular weight is 232 g/mol. The van der Waals surface area contributed by atoms with Crippen molar-refractivity contribution >= 4 is 11.6 Å². The minimum absolute atomic E-state index is 0.0373. The van der Waals surface area contributed by atoms with Gasteiger partial charge < -0.3 is 10.6 Å². The molecule has 0 aromatic heterocycles. The maximum absolute atomic E-state index is 12.1. The molecule has 0 bridgehead atoms. The molecule has 1 aliphatic rings. The number of hydrogen-bond donors (Lipinski definition) is 2. The Labute approximate surface area is 103 Å². The number of amides is 1. The van der Waals surface area contributed by atoms with Crippen LogP contribution in [0.1, 0.15) is 35.7 Å². The van der Waals surface area contributed by atoms with E-state index in [1.54, 1.807) is 0 Å². The van der Waals surface area contributed by atoms with E-state index in [0.717, 1.165) is 29.7 Å². The number of carbonyl (C=O) groups excluding carboxylic acids is 1. The van der Waals surface area contributed by atoms with E-state index in [0.29, 0.717) is 12.0 Å². The van der Waals surface area contributed by atoms with Crippen LogP contribution in [0.25, 0.3) is 0 Å². The SMILES string of the molecule is CCC1CC1NC(=O)c1ccc(C)cc1NC. The average Bonchev–Trinajstić information content (AvgIpc) is 3.07. The topological polar surface area (TPSA) is 41.1 Å². The van der Waals surface area contributed by atoms with Crippen LogP contribution in [0.5, 0.6) is 0 Å². The molecule has 1 aromatic carbocycles. The summed E-state index contributed by atoms with van der Waals surface area (Å²) in [4.78, 5) is 12.1. The van der Waals surface area contributed by atoms with Gasteiger partial charge in [-0.2, -0.15) is 0 Å². The van der Waals surface area contributed by atoms with Crippen molar-refractivity contribution in [3.8, 4) is 0 Å². The molecule has 2 atom stereocenters. The summed E-state index contributed by atoms with van der Waals surface area (Å²) in [7, 11) is 1.84. The fourth-order valence-corrected chi connectivity index (χ4v) is 2.18. The van der Waals surface area contributed by atoms with Gasteiger partial charge in [-0.05, 0) is 37.0 Å². The van der Waals surface area contributed by atoms with Crippen molar-refractivity contribution in [3.63, 3.8) is 0 Å². The summed E-state index contributed by atoms with van der Waals surface area (Å²) in [5.74, 6) is 0.720. The zero-order valence-corrected chi connectivity index (χ0v) is 10.7. The Balaban J connectivity index is 2.08. The Morgan fingerprint density at radius 3 is 2.82 bits per heavy atom. The molecular weight excluding hydrogens is 212 g/mol. The van der Waals surface area contributed by atoms with E-state index in [-0.39, 0.29) is 5.91 Å². The van der Waals surface area contributed by atoms with Crippen molar-refractivity contribution in [2.24, 2.45) is 5.92 Å². The molecule has 2 rings (SSSR count). The van der Waals surface area contributed by atoms with E-state index in [1.807, 2.05) is 32.2 Å². The van der Waals surface area contributed by atoms with Crippen molar-refractivity contribution in [1.29, 1.82) is 0 Å². The lowest BCUT2D eigenvalue weighted by atomic mass is 10.1. The van der Waals surface area contributed by atoms with E-state index in [2.05, 4.69) is 17.6 Å². The lowest BCUT2D eigenvalue weighted by Gasteiger charge is -2.10. The molecular formula is C14H20N2O. The quantitative estimate of drug-likeness (QED) is 0.837. The number of benzene rings is 1. The van der Waals surface area contributed by atoms with Gasteiger partial charge in [-0.1, -0.05) is 19.4 Å². The molecule has 3 nitrogen and oxygen atoms in total. The van der Waals surface area contributed by atoms with E-state index < -0.39 is 0 Å². The van der Waals surface area contributed by atoms with Crippen LogP contribution in [-0.4, -0.2) is 19.0 Å². The molecule has 0 heterocycles.